The van der Waals surface area contributed by atoms with Gasteiger partial charge in [0, 0.05) is 13.0 Å². The molecule has 1 unspecified atom stereocenters. The van der Waals surface area contributed by atoms with Gasteiger partial charge >= 0.3 is 0 Å². The lowest BCUT2D eigenvalue weighted by Crippen LogP contribution is -2.32. The standard InChI is InChI=1S/C14H28N2O/c1-12(10-15-2)11-16-14(17)9-8-13-6-4-3-5-7-13/h12-13,15H,3-11H2,1-2H3,(H,16,17). The molecule has 0 aromatic carbocycles. The first-order valence-electron chi connectivity index (χ1n) is 7.13. The van der Waals surface area contributed by atoms with E-state index in [0.29, 0.717) is 5.92 Å². The molecule has 1 rings (SSSR count). The van der Waals surface area contributed by atoms with Crippen molar-refractivity contribution in [3.8, 4) is 0 Å². The summed E-state index contributed by atoms with van der Waals surface area (Å²) in [6.07, 6.45) is 8.61. The maximum Gasteiger partial charge on any atom is 0.220 e. The summed E-state index contributed by atoms with van der Waals surface area (Å²) in [6, 6.07) is 0. The topological polar surface area (TPSA) is 41.1 Å². The minimum Gasteiger partial charge on any atom is -0.356 e. The molecule has 0 spiro atoms. The molecule has 0 radical (unpaired) electrons. The van der Waals surface area contributed by atoms with Crippen LogP contribution in [0.5, 0.6) is 0 Å². The van der Waals surface area contributed by atoms with Gasteiger partial charge in [-0.15, -0.1) is 0 Å². The summed E-state index contributed by atoms with van der Waals surface area (Å²) >= 11 is 0. The largest absolute Gasteiger partial charge is 0.356 e. The molecule has 3 heteroatoms. The van der Waals surface area contributed by atoms with Gasteiger partial charge in [-0.05, 0) is 31.8 Å². The molecular weight excluding hydrogens is 212 g/mol. The molecule has 0 heterocycles. The van der Waals surface area contributed by atoms with Crippen LogP contribution in [0.3, 0.4) is 0 Å². The van der Waals surface area contributed by atoms with Gasteiger partial charge in [-0.2, -0.15) is 0 Å². The molecule has 2 N–H and O–H groups in total. The number of carbonyl (C=O) groups excluding carboxylic acids is 1. The van der Waals surface area contributed by atoms with Crippen LogP contribution in [0, 0.1) is 11.8 Å². The highest BCUT2D eigenvalue weighted by atomic mass is 16.1. The van der Waals surface area contributed by atoms with Gasteiger partial charge in [0.2, 0.25) is 5.91 Å². The van der Waals surface area contributed by atoms with E-state index in [9.17, 15) is 4.79 Å². The van der Waals surface area contributed by atoms with Crippen molar-refractivity contribution in [2.75, 3.05) is 20.1 Å². The summed E-state index contributed by atoms with van der Waals surface area (Å²) in [5.41, 5.74) is 0. The normalized spacial score (nSPS) is 18.9. The van der Waals surface area contributed by atoms with Crippen molar-refractivity contribution in [2.24, 2.45) is 11.8 Å². The summed E-state index contributed by atoms with van der Waals surface area (Å²) in [6.45, 7) is 3.91. The number of amides is 1. The van der Waals surface area contributed by atoms with Crippen LogP contribution in [-0.4, -0.2) is 26.0 Å². The molecule has 3 nitrogen and oxygen atoms in total. The molecule has 0 aromatic rings. The molecule has 1 saturated carbocycles. The van der Waals surface area contributed by atoms with Crippen molar-refractivity contribution < 1.29 is 4.79 Å². The third-order valence-electron chi connectivity index (χ3n) is 3.70. The van der Waals surface area contributed by atoms with Crippen molar-refractivity contribution in [3.05, 3.63) is 0 Å². The lowest BCUT2D eigenvalue weighted by atomic mass is 9.86. The van der Waals surface area contributed by atoms with Crippen LogP contribution in [0.2, 0.25) is 0 Å². The predicted molar refractivity (Wildman–Crippen MR) is 71.9 cm³/mol. The maximum atomic E-state index is 11.7. The molecule has 17 heavy (non-hydrogen) atoms. The third-order valence-corrected chi connectivity index (χ3v) is 3.70. The van der Waals surface area contributed by atoms with Gasteiger partial charge in [-0.25, -0.2) is 0 Å². The van der Waals surface area contributed by atoms with E-state index in [1.54, 1.807) is 0 Å². The Morgan fingerprint density at radius 3 is 2.59 bits per heavy atom. The smallest absolute Gasteiger partial charge is 0.220 e. The molecule has 1 aliphatic carbocycles. The average Bonchev–Trinajstić information content (AvgIpc) is 2.35. The number of hydrogen-bond donors (Lipinski definition) is 2. The Kier molecular flexibility index (Phi) is 7.25. The van der Waals surface area contributed by atoms with Crippen LogP contribution >= 0.6 is 0 Å². The fraction of sp³-hybridized carbons (Fsp3) is 0.929. The summed E-state index contributed by atoms with van der Waals surface area (Å²) in [4.78, 5) is 11.7. The second-order valence-electron chi connectivity index (χ2n) is 5.51. The molecule has 1 aliphatic rings. The summed E-state index contributed by atoms with van der Waals surface area (Å²) in [5.74, 6) is 1.56. The van der Waals surface area contributed by atoms with Crippen molar-refractivity contribution in [1.29, 1.82) is 0 Å². The Balaban J connectivity index is 2.04. The number of hydrogen-bond acceptors (Lipinski definition) is 2. The predicted octanol–water partition coefficient (Wildman–Crippen LogP) is 2.32. The Labute approximate surface area is 106 Å². The lowest BCUT2D eigenvalue weighted by molar-refractivity contribution is -0.121. The fourth-order valence-electron chi connectivity index (χ4n) is 2.61. The summed E-state index contributed by atoms with van der Waals surface area (Å²) in [5, 5.41) is 6.15. The minimum atomic E-state index is 0.235. The fourth-order valence-corrected chi connectivity index (χ4v) is 2.61. The summed E-state index contributed by atoms with van der Waals surface area (Å²) in [7, 11) is 1.95. The van der Waals surface area contributed by atoms with E-state index < -0.39 is 0 Å². The van der Waals surface area contributed by atoms with Gasteiger partial charge in [-0.1, -0.05) is 39.0 Å². The first-order chi connectivity index (χ1) is 8.22. The molecule has 1 atom stereocenters. The molecule has 1 amide bonds. The van der Waals surface area contributed by atoms with Crippen LogP contribution in [0.4, 0.5) is 0 Å². The van der Waals surface area contributed by atoms with Crippen molar-refractivity contribution in [2.45, 2.75) is 51.9 Å². The van der Waals surface area contributed by atoms with E-state index >= 15 is 0 Å². The van der Waals surface area contributed by atoms with E-state index in [-0.39, 0.29) is 5.91 Å². The van der Waals surface area contributed by atoms with Gasteiger partial charge in [0.15, 0.2) is 0 Å². The van der Waals surface area contributed by atoms with Gasteiger partial charge < -0.3 is 10.6 Å². The molecule has 0 aromatic heterocycles. The van der Waals surface area contributed by atoms with E-state index in [1.807, 2.05) is 7.05 Å². The molecular formula is C14H28N2O. The highest BCUT2D eigenvalue weighted by Gasteiger charge is 2.14. The van der Waals surface area contributed by atoms with Crippen molar-refractivity contribution in [1.82, 2.24) is 10.6 Å². The zero-order chi connectivity index (χ0) is 12.5. The molecule has 0 saturated heterocycles. The van der Waals surface area contributed by atoms with E-state index in [1.165, 1.54) is 32.1 Å². The highest BCUT2D eigenvalue weighted by Crippen LogP contribution is 2.27. The molecule has 0 bridgehead atoms. The number of carbonyl (C=O) groups is 1. The third kappa shape index (κ3) is 6.67. The van der Waals surface area contributed by atoms with E-state index in [0.717, 1.165) is 31.8 Å². The second-order valence-corrected chi connectivity index (χ2v) is 5.51. The highest BCUT2D eigenvalue weighted by molar-refractivity contribution is 5.75. The monoisotopic (exact) mass is 240 g/mol. The summed E-state index contributed by atoms with van der Waals surface area (Å²) < 4.78 is 0. The number of nitrogens with one attached hydrogen (secondary N) is 2. The van der Waals surface area contributed by atoms with Crippen LogP contribution in [0.1, 0.15) is 51.9 Å². The molecule has 0 aliphatic heterocycles. The zero-order valence-electron chi connectivity index (χ0n) is 11.4. The van der Waals surface area contributed by atoms with Gasteiger partial charge in [0.05, 0.1) is 0 Å². The second kappa shape index (κ2) is 8.51. The SMILES string of the molecule is CNCC(C)CNC(=O)CCC1CCCCC1. The molecule has 100 valence electrons. The van der Waals surface area contributed by atoms with Gasteiger partial charge in [0.25, 0.3) is 0 Å². The van der Waals surface area contributed by atoms with E-state index in [4.69, 9.17) is 0 Å². The van der Waals surface area contributed by atoms with Gasteiger partial charge in [0.1, 0.15) is 0 Å². The Hall–Kier alpha value is -0.570. The van der Waals surface area contributed by atoms with Crippen LogP contribution in [0.25, 0.3) is 0 Å². The quantitative estimate of drug-likeness (QED) is 0.717. The Bertz CT molecular complexity index is 212. The Morgan fingerprint density at radius 1 is 1.24 bits per heavy atom. The number of rotatable bonds is 7. The van der Waals surface area contributed by atoms with Crippen LogP contribution in [-0.2, 0) is 4.79 Å². The van der Waals surface area contributed by atoms with Crippen molar-refractivity contribution >= 4 is 5.91 Å². The van der Waals surface area contributed by atoms with E-state index in [2.05, 4.69) is 17.6 Å². The first kappa shape index (κ1) is 14.5. The van der Waals surface area contributed by atoms with Crippen molar-refractivity contribution in [3.63, 3.8) is 0 Å². The van der Waals surface area contributed by atoms with Crippen LogP contribution in [0.15, 0.2) is 0 Å². The maximum absolute atomic E-state index is 11.7. The Morgan fingerprint density at radius 2 is 1.94 bits per heavy atom. The average molecular weight is 240 g/mol. The zero-order valence-corrected chi connectivity index (χ0v) is 11.4. The lowest BCUT2D eigenvalue weighted by Gasteiger charge is -2.21. The molecule has 1 fully saturated rings. The van der Waals surface area contributed by atoms with Gasteiger partial charge in [-0.3, -0.25) is 4.79 Å². The first-order valence-corrected chi connectivity index (χ1v) is 7.13. The van der Waals surface area contributed by atoms with Crippen LogP contribution < -0.4 is 10.6 Å². The minimum absolute atomic E-state index is 0.235.